The van der Waals surface area contributed by atoms with Crippen LogP contribution in [0.1, 0.15) is 37.7 Å². The molecule has 25 heavy (non-hydrogen) atoms. The fourth-order valence-corrected chi connectivity index (χ4v) is 3.73. The van der Waals surface area contributed by atoms with Crippen molar-refractivity contribution in [2.45, 2.75) is 44.8 Å². The number of carbonyl (C=O) groups is 1. The Hall–Kier alpha value is -1.59. The van der Waals surface area contributed by atoms with Crippen molar-refractivity contribution in [3.8, 4) is 0 Å². The third-order valence-electron chi connectivity index (χ3n) is 5.19. The van der Waals surface area contributed by atoms with Crippen LogP contribution in [-0.2, 0) is 11.3 Å². The van der Waals surface area contributed by atoms with E-state index < -0.39 is 0 Å². The highest BCUT2D eigenvalue weighted by Gasteiger charge is 2.24. The van der Waals surface area contributed by atoms with Gasteiger partial charge in [-0.2, -0.15) is 0 Å². The third-order valence-corrected chi connectivity index (χ3v) is 5.19. The number of amides is 1. The maximum atomic E-state index is 12.3. The van der Waals surface area contributed by atoms with Gasteiger partial charge >= 0.3 is 6.09 Å². The lowest BCUT2D eigenvalue weighted by Crippen LogP contribution is -2.49. The molecule has 0 spiro atoms. The summed E-state index contributed by atoms with van der Waals surface area (Å²) in [5.74, 6) is 0. The molecule has 138 valence electrons. The van der Waals surface area contributed by atoms with Gasteiger partial charge in [0.2, 0.25) is 0 Å². The average molecular weight is 345 g/mol. The zero-order chi connectivity index (χ0) is 17.3. The maximum Gasteiger partial charge on any atom is 0.410 e. The number of nitrogens with one attached hydrogen (secondary N) is 1. The Bertz CT molecular complexity index is 517. The number of carbonyl (C=O) groups excluding carboxylic acids is 1. The summed E-state index contributed by atoms with van der Waals surface area (Å²) < 4.78 is 5.47. The molecule has 5 heteroatoms. The molecule has 0 saturated carbocycles. The Labute approximate surface area is 151 Å². The Balaban J connectivity index is 1.36. The zero-order valence-corrected chi connectivity index (χ0v) is 15.2. The molecule has 0 radical (unpaired) electrons. The summed E-state index contributed by atoms with van der Waals surface area (Å²) in [6, 6.07) is 10.3. The summed E-state index contributed by atoms with van der Waals surface area (Å²) >= 11 is 0. The summed E-state index contributed by atoms with van der Waals surface area (Å²) in [7, 11) is 0. The van der Waals surface area contributed by atoms with Crippen LogP contribution in [0.2, 0.25) is 0 Å². The van der Waals surface area contributed by atoms with Gasteiger partial charge in [-0.15, -0.1) is 0 Å². The standard InChI is InChI=1S/C20H31N3O2/c24-20(25-17-18-8-3-1-4-9-18)23-14-7-10-19(16-23)21-11-15-22-12-5-2-6-13-22/h1,3-4,8-9,19,21H,2,5-7,10-17H2/t19-/m0/s1. The van der Waals surface area contributed by atoms with Gasteiger partial charge in [-0.25, -0.2) is 4.79 Å². The van der Waals surface area contributed by atoms with Crippen molar-refractivity contribution in [2.24, 2.45) is 0 Å². The highest BCUT2D eigenvalue weighted by molar-refractivity contribution is 5.67. The summed E-state index contributed by atoms with van der Waals surface area (Å²) in [6.45, 7) is 6.52. The van der Waals surface area contributed by atoms with E-state index >= 15 is 0 Å². The lowest BCUT2D eigenvalue weighted by atomic mass is 10.1. The van der Waals surface area contributed by atoms with E-state index in [1.165, 1.54) is 32.4 Å². The highest BCUT2D eigenvalue weighted by atomic mass is 16.6. The van der Waals surface area contributed by atoms with Gasteiger partial charge in [0.05, 0.1) is 0 Å². The maximum absolute atomic E-state index is 12.3. The lowest BCUT2D eigenvalue weighted by molar-refractivity contribution is 0.0829. The molecule has 0 unspecified atom stereocenters. The van der Waals surface area contributed by atoms with E-state index in [4.69, 9.17) is 4.74 Å². The third kappa shape index (κ3) is 6.01. The van der Waals surface area contributed by atoms with E-state index in [1.54, 1.807) is 0 Å². The first-order valence-electron chi connectivity index (χ1n) is 9.72. The molecule has 3 rings (SSSR count). The van der Waals surface area contributed by atoms with Gasteiger partial charge in [0.1, 0.15) is 6.61 Å². The van der Waals surface area contributed by atoms with Gasteiger partial charge in [-0.3, -0.25) is 0 Å². The van der Waals surface area contributed by atoms with E-state index in [2.05, 4.69) is 10.2 Å². The van der Waals surface area contributed by atoms with E-state index in [0.29, 0.717) is 12.6 Å². The Kier molecular flexibility index (Phi) is 7.12. The smallest absolute Gasteiger partial charge is 0.410 e. The minimum absolute atomic E-state index is 0.189. The van der Waals surface area contributed by atoms with Gasteiger partial charge < -0.3 is 19.9 Å². The molecule has 1 atom stereocenters. The number of rotatable bonds is 6. The van der Waals surface area contributed by atoms with Crippen molar-refractivity contribution in [1.82, 2.24) is 15.1 Å². The highest BCUT2D eigenvalue weighted by Crippen LogP contribution is 2.13. The Morgan fingerprint density at radius 3 is 2.68 bits per heavy atom. The number of benzene rings is 1. The molecular formula is C20H31N3O2. The summed E-state index contributed by atoms with van der Waals surface area (Å²) in [5.41, 5.74) is 1.03. The Morgan fingerprint density at radius 1 is 1.08 bits per heavy atom. The van der Waals surface area contributed by atoms with Crippen LogP contribution in [0.5, 0.6) is 0 Å². The van der Waals surface area contributed by atoms with Crippen LogP contribution in [0, 0.1) is 0 Å². The average Bonchev–Trinajstić information content (AvgIpc) is 2.68. The van der Waals surface area contributed by atoms with Gasteiger partial charge in [-0.05, 0) is 44.3 Å². The van der Waals surface area contributed by atoms with Crippen LogP contribution in [0.25, 0.3) is 0 Å². The molecule has 1 aromatic rings. The largest absolute Gasteiger partial charge is 0.445 e. The van der Waals surface area contributed by atoms with Gasteiger partial charge in [0, 0.05) is 32.2 Å². The number of hydrogen-bond donors (Lipinski definition) is 1. The molecule has 1 amide bonds. The molecule has 0 bridgehead atoms. The fourth-order valence-electron chi connectivity index (χ4n) is 3.73. The Morgan fingerprint density at radius 2 is 1.88 bits per heavy atom. The molecule has 2 heterocycles. The summed E-state index contributed by atoms with van der Waals surface area (Å²) in [4.78, 5) is 16.7. The molecular weight excluding hydrogens is 314 g/mol. The van der Waals surface area contributed by atoms with Gasteiger partial charge in [0.15, 0.2) is 0 Å². The summed E-state index contributed by atoms with van der Waals surface area (Å²) in [6.07, 6.45) is 6.05. The van der Waals surface area contributed by atoms with E-state index in [0.717, 1.165) is 44.6 Å². The number of piperidine rings is 2. The van der Waals surface area contributed by atoms with Crippen LogP contribution >= 0.6 is 0 Å². The predicted octanol–water partition coefficient (Wildman–Crippen LogP) is 2.86. The van der Waals surface area contributed by atoms with Crippen LogP contribution in [-0.4, -0.2) is 61.2 Å². The van der Waals surface area contributed by atoms with Gasteiger partial charge in [0.25, 0.3) is 0 Å². The topological polar surface area (TPSA) is 44.8 Å². The number of nitrogens with zero attached hydrogens (tertiary/aromatic N) is 2. The second kappa shape index (κ2) is 9.78. The van der Waals surface area contributed by atoms with Gasteiger partial charge in [-0.1, -0.05) is 36.8 Å². The fraction of sp³-hybridized carbons (Fsp3) is 0.650. The van der Waals surface area contributed by atoms with Crippen LogP contribution in [0.3, 0.4) is 0 Å². The molecule has 1 aromatic carbocycles. The lowest BCUT2D eigenvalue weighted by Gasteiger charge is -2.33. The summed E-state index contributed by atoms with van der Waals surface area (Å²) in [5, 5.41) is 3.64. The van der Waals surface area contributed by atoms with E-state index in [-0.39, 0.29) is 6.09 Å². The molecule has 2 saturated heterocycles. The minimum Gasteiger partial charge on any atom is -0.445 e. The first kappa shape index (κ1) is 18.2. The molecule has 0 aliphatic carbocycles. The first-order chi connectivity index (χ1) is 12.3. The van der Waals surface area contributed by atoms with Crippen LogP contribution in [0.15, 0.2) is 30.3 Å². The van der Waals surface area contributed by atoms with E-state index in [9.17, 15) is 4.79 Å². The number of ether oxygens (including phenoxy) is 1. The van der Waals surface area contributed by atoms with Crippen molar-refractivity contribution in [2.75, 3.05) is 39.3 Å². The monoisotopic (exact) mass is 345 g/mol. The molecule has 2 fully saturated rings. The van der Waals surface area contributed by atoms with Crippen molar-refractivity contribution >= 4 is 6.09 Å². The van der Waals surface area contributed by atoms with Crippen molar-refractivity contribution in [1.29, 1.82) is 0 Å². The predicted molar refractivity (Wildman–Crippen MR) is 99.5 cm³/mol. The molecule has 2 aliphatic rings. The quantitative estimate of drug-likeness (QED) is 0.861. The second-order valence-corrected chi connectivity index (χ2v) is 7.18. The molecule has 5 nitrogen and oxygen atoms in total. The SMILES string of the molecule is O=C(OCc1ccccc1)N1CCC[C@H](NCCN2CCCCC2)C1. The minimum atomic E-state index is -0.189. The van der Waals surface area contributed by atoms with Crippen LogP contribution < -0.4 is 5.32 Å². The molecule has 1 N–H and O–H groups in total. The number of hydrogen-bond acceptors (Lipinski definition) is 4. The second-order valence-electron chi connectivity index (χ2n) is 7.18. The van der Waals surface area contributed by atoms with Crippen LogP contribution in [0.4, 0.5) is 4.79 Å². The first-order valence-corrected chi connectivity index (χ1v) is 9.72. The van der Waals surface area contributed by atoms with Crippen molar-refractivity contribution < 1.29 is 9.53 Å². The normalized spacial score (nSPS) is 21.9. The van der Waals surface area contributed by atoms with Crippen molar-refractivity contribution in [3.05, 3.63) is 35.9 Å². The molecule has 2 aliphatic heterocycles. The zero-order valence-electron chi connectivity index (χ0n) is 15.2. The van der Waals surface area contributed by atoms with Crippen molar-refractivity contribution in [3.63, 3.8) is 0 Å². The number of likely N-dealkylation sites (tertiary alicyclic amines) is 2. The molecule has 0 aromatic heterocycles. The van der Waals surface area contributed by atoms with E-state index in [1.807, 2.05) is 35.2 Å².